The molecule has 0 aliphatic rings. The van der Waals surface area contributed by atoms with E-state index in [2.05, 4.69) is 20.9 Å². The van der Waals surface area contributed by atoms with Crippen LogP contribution in [0.5, 0.6) is 11.5 Å². The first-order valence-corrected chi connectivity index (χ1v) is 9.55. The van der Waals surface area contributed by atoms with E-state index in [0.29, 0.717) is 6.07 Å². The summed E-state index contributed by atoms with van der Waals surface area (Å²) in [6, 6.07) is 8.20. The van der Waals surface area contributed by atoms with Crippen LogP contribution in [0.1, 0.15) is 16.1 Å². The Morgan fingerprint density at radius 3 is 2.52 bits per heavy atom. The van der Waals surface area contributed by atoms with E-state index in [1.807, 2.05) is 0 Å². The molecule has 1 heterocycles. The molecule has 12 heteroatoms. The number of alkyl halides is 3. The van der Waals surface area contributed by atoms with Gasteiger partial charge in [-0.25, -0.2) is 9.18 Å². The lowest BCUT2D eigenvalue weighted by atomic mass is 10.2. The summed E-state index contributed by atoms with van der Waals surface area (Å²) in [5.41, 5.74) is -1.69. The molecule has 0 saturated carbocycles. The lowest BCUT2D eigenvalue weighted by molar-refractivity contribution is -0.137. The fourth-order valence-corrected chi connectivity index (χ4v) is 2.89. The number of aromatic nitrogens is 1. The second-order valence-corrected chi connectivity index (χ2v) is 6.85. The Kier molecular flexibility index (Phi) is 7.02. The fourth-order valence-electron chi connectivity index (χ4n) is 2.66. The molecule has 172 valence electrons. The minimum absolute atomic E-state index is 0.0434. The maximum Gasteiger partial charge on any atom is 0.417 e. The maximum atomic E-state index is 14.4. The van der Waals surface area contributed by atoms with E-state index < -0.39 is 34.5 Å². The monoisotopic (exact) mass is 482 g/mol. The third-order valence-corrected chi connectivity index (χ3v) is 4.49. The predicted octanol–water partition coefficient (Wildman–Crippen LogP) is 5.69. The number of urea groups is 1. The van der Waals surface area contributed by atoms with Gasteiger partial charge in [0.25, 0.3) is 5.91 Å². The highest BCUT2D eigenvalue weighted by molar-refractivity contribution is 6.31. The topological polar surface area (TPSA) is 92.4 Å². The van der Waals surface area contributed by atoms with Crippen LogP contribution in [0, 0.1) is 5.82 Å². The number of hydrogen-bond donors (Lipinski definition) is 3. The molecule has 7 nitrogen and oxygen atoms in total. The summed E-state index contributed by atoms with van der Waals surface area (Å²) in [6.45, 7) is 0. The average molecular weight is 483 g/mol. The fraction of sp³-hybridized carbons (Fsp3) is 0.0952. The molecule has 0 atom stereocenters. The summed E-state index contributed by atoms with van der Waals surface area (Å²) in [5.74, 6) is -1.33. The predicted molar refractivity (Wildman–Crippen MR) is 113 cm³/mol. The Morgan fingerprint density at radius 1 is 1.06 bits per heavy atom. The average Bonchev–Trinajstić information content (AvgIpc) is 2.76. The molecule has 0 fully saturated rings. The number of nitrogens with zero attached hydrogens (tertiary/aromatic N) is 1. The number of rotatable bonds is 5. The number of carbonyl (C=O) groups excluding carboxylic acids is 2. The van der Waals surface area contributed by atoms with E-state index in [-0.39, 0.29) is 28.6 Å². The van der Waals surface area contributed by atoms with Gasteiger partial charge in [-0.1, -0.05) is 17.7 Å². The molecule has 0 spiro atoms. The highest BCUT2D eigenvalue weighted by Crippen LogP contribution is 2.36. The first kappa shape index (κ1) is 23.8. The number of para-hydroxylation sites is 1. The molecular formula is C21H15ClF4N4O3. The van der Waals surface area contributed by atoms with Gasteiger partial charge >= 0.3 is 12.2 Å². The molecule has 2 aromatic carbocycles. The minimum atomic E-state index is -4.73. The zero-order valence-electron chi connectivity index (χ0n) is 16.8. The Bertz CT molecular complexity index is 1200. The van der Waals surface area contributed by atoms with Crippen LogP contribution in [0.2, 0.25) is 5.02 Å². The van der Waals surface area contributed by atoms with Crippen LogP contribution in [0.4, 0.5) is 33.7 Å². The largest absolute Gasteiger partial charge is 0.455 e. The van der Waals surface area contributed by atoms with E-state index in [0.717, 1.165) is 18.2 Å². The van der Waals surface area contributed by atoms with E-state index in [1.165, 1.54) is 37.5 Å². The van der Waals surface area contributed by atoms with Crippen LogP contribution in [0.15, 0.2) is 54.7 Å². The highest BCUT2D eigenvalue weighted by Gasteiger charge is 2.33. The van der Waals surface area contributed by atoms with Crippen molar-refractivity contribution in [1.29, 1.82) is 0 Å². The number of amides is 3. The molecule has 3 amide bonds. The molecule has 0 unspecified atom stereocenters. The van der Waals surface area contributed by atoms with Gasteiger partial charge in [-0.05, 0) is 36.4 Å². The van der Waals surface area contributed by atoms with Crippen LogP contribution in [-0.4, -0.2) is 24.0 Å². The van der Waals surface area contributed by atoms with Crippen molar-refractivity contribution in [1.82, 2.24) is 10.3 Å². The highest BCUT2D eigenvalue weighted by atomic mass is 35.5. The van der Waals surface area contributed by atoms with Crippen LogP contribution in [0.25, 0.3) is 0 Å². The van der Waals surface area contributed by atoms with E-state index in [1.54, 1.807) is 0 Å². The zero-order valence-corrected chi connectivity index (χ0v) is 17.5. The number of nitrogens with one attached hydrogen (secondary N) is 3. The summed E-state index contributed by atoms with van der Waals surface area (Å²) < 4.78 is 59.1. The minimum Gasteiger partial charge on any atom is -0.455 e. The number of hydrogen-bond acceptors (Lipinski definition) is 4. The van der Waals surface area contributed by atoms with Gasteiger partial charge in [0.2, 0.25) is 0 Å². The lowest BCUT2D eigenvalue weighted by Gasteiger charge is -2.15. The quantitative estimate of drug-likeness (QED) is 0.407. The SMILES string of the molecule is CNC(=O)c1cc(Oc2cccc(F)c2NC(=O)Nc2ccc(Cl)c(C(F)(F)F)c2)ccn1. The molecule has 0 radical (unpaired) electrons. The van der Waals surface area contributed by atoms with Crippen LogP contribution >= 0.6 is 11.6 Å². The number of ether oxygens (including phenoxy) is 1. The zero-order chi connectivity index (χ0) is 24.2. The Labute approximate surface area is 189 Å². The third-order valence-electron chi connectivity index (χ3n) is 4.16. The van der Waals surface area contributed by atoms with Crippen LogP contribution in [0.3, 0.4) is 0 Å². The normalized spacial score (nSPS) is 11.0. The number of anilines is 2. The summed E-state index contributed by atoms with van der Waals surface area (Å²) >= 11 is 5.56. The van der Waals surface area contributed by atoms with Gasteiger partial charge < -0.3 is 20.7 Å². The third kappa shape index (κ3) is 5.89. The summed E-state index contributed by atoms with van der Waals surface area (Å²) in [7, 11) is 1.42. The second kappa shape index (κ2) is 9.74. The van der Waals surface area contributed by atoms with Gasteiger partial charge in [-0.3, -0.25) is 9.78 Å². The number of pyridine rings is 1. The number of carbonyl (C=O) groups is 2. The molecular weight excluding hydrogens is 468 g/mol. The van der Waals surface area contributed by atoms with E-state index in [9.17, 15) is 27.2 Å². The van der Waals surface area contributed by atoms with Gasteiger partial charge in [0.05, 0.1) is 10.6 Å². The molecule has 3 rings (SSSR count). The van der Waals surface area contributed by atoms with Crippen molar-refractivity contribution in [2.24, 2.45) is 0 Å². The van der Waals surface area contributed by atoms with Crippen LogP contribution < -0.4 is 20.7 Å². The molecule has 3 aromatic rings. The van der Waals surface area contributed by atoms with Crippen molar-refractivity contribution in [3.63, 3.8) is 0 Å². The summed E-state index contributed by atoms with van der Waals surface area (Å²) in [6.07, 6.45) is -3.42. The van der Waals surface area contributed by atoms with Gasteiger partial charge in [0.1, 0.15) is 17.1 Å². The van der Waals surface area contributed by atoms with Crippen LogP contribution in [-0.2, 0) is 6.18 Å². The van der Waals surface area contributed by atoms with Crippen molar-refractivity contribution >= 4 is 34.9 Å². The van der Waals surface area contributed by atoms with E-state index >= 15 is 0 Å². The van der Waals surface area contributed by atoms with Gasteiger partial charge in [-0.15, -0.1) is 0 Å². The smallest absolute Gasteiger partial charge is 0.417 e. The molecule has 0 aliphatic heterocycles. The van der Waals surface area contributed by atoms with Crippen molar-refractivity contribution < 1.29 is 31.9 Å². The Balaban J connectivity index is 1.81. The molecule has 0 aliphatic carbocycles. The second-order valence-electron chi connectivity index (χ2n) is 6.44. The lowest BCUT2D eigenvalue weighted by Crippen LogP contribution is -2.21. The maximum absolute atomic E-state index is 14.4. The van der Waals surface area contributed by atoms with E-state index in [4.69, 9.17) is 16.3 Å². The number of benzene rings is 2. The van der Waals surface area contributed by atoms with Gasteiger partial charge in [0, 0.05) is 25.0 Å². The first-order chi connectivity index (χ1) is 15.6. The van der Waals surface area contributed by atoms with Crippen molar-refractivity contribution in [3.05, 3.63) is 76.8 Å². The molecule has 0 saturated heterocycles. The van der Waals surface area contributed by atoms with Gasteiger partial charge in [0.15, 0.2) is 11.6 Å². The van der Waals surface area contributed by atoms with Crippen molar-refractivity contribution in [3.8, 4) is 11.5 Å². The van der Waals surface area contributed by atoms with Crippen molar-refractivity contribution in [2.45, 2.75) is 6.18 Å². The van der Waals surface area contributed by atoms with Gasteiger partial charge in [-0.2, -0.15) is 13.2 Å². The molecule has 3 N–H and O–H groups in total. The first-order valence-electron chi connectivity index (χ1n) is 9.17. The summed E-state index contributed by atoms with van der Waals surface area (Å²) in [4.78, 5) is 28.0. The molecule has 0 bridgehead atoms. The molecule has 1 aromatic heterocycles. The Morgan fingerprint density at radius 2 is 1.82 bits per heavy atom. The Hall–Kier alpha value is -3.86. The standard InChI is InChI=1S/C21H15ClF4N4O3/c1-27-19(31)16-10-12(7-8-28-16)33-17-4-2-3-15(23)18(17)30-20(32)29-11-5-6-14(22)13(9-11)21(24,25)26/h2-10H,1H3,(H,27,31)(H2,29,30,32). The summed E-state index contributed by atoms with van der Waals surface area (Å²) in [5, 5.41) is 6.26. The van der Waals surface area contributed by atoms with Crippen molar-refractivity contribution in [2.75, 3.05) is 17.7 Å². The number of halogens is 5. The molecule has 33 heavy (non-hydrogen) atoms.